The molecule has 11 nitrogen and oxygen atoms in total. The molecule has 32 heavy (non-hydrogen) atoms. The van der Waals surface area contributed by atoms with Crippen molar-refractivity contribution in [2.24, 2.45) is 5.73 Å². The third-order valence-electron chi connectivity index (χ3n) is 4.49. The van der Waals surface area contributed by atoms with Gasteiger partial charge in [-0.1, -0.05) is 30.3 Å². The number of hydrogen-bond donors (Lipinski definition) is 7. The molecule has 0 spiro atoms. The molecule has 178 valence electrons. The van der Waals surface area contributed by atoms with Gasteiger partial charge in [-0.15, -0.1) is 0 Å². The molecule has 0 aromatic heterocycles. The lowest BCUT2D eigenvalue weighted by Gasteiger charge is -2.24. The summed E-state index contributed by atoms with van der Waals surface area (Å²) in [4.78, 5) is 48.7. The molecule has 8 N–H and O–H groups in total. The fraction of sp³-hybridized carbons (Fsp3) is 0.500. The molecular weight excluding hydrogens is 440 g/mol. The highest BCUT2D eigenvalue weighted by Crippen LogP contribution is 2.05. The van der Waals surface area contributed by atoms with Gasteiger partial charge in [0.2, 0.25) is 17.7 Å². The van der Waals surface area contributed by atoms with Gasteiger partial charge in [0.05, 0.1) is 13.2 Å². The van der Waals surface area contributed by atoms with E-state index in [2.05, 4.69) is 16.0 Å². The normalized spacial score (nSPS) is 14.5. The van der Waals surface area contributed by atoms with Gasteiger partial charge in [0.25, 0.3) is 0 Å². The average Bonchev–Trinajstić information content (AvgIpc) is 2.79. The second-order valence-corrected chi connectivity index (χ2v) is 7.95. The molecule has 0 bridgehead atoms. The zero-order valence-electron chi connectivity index (χ0n) is 17.7. The molecule has 4 atom stereocenters. The van der Waals surface area contributed by atoms with Gasteiger partial charge in [0.1, 0.15) is 24.2 Å². The van der Waals surface area contributed by atoms with E-state index in [9.17, 15) is 29.4 Å². The maximum atomic E-state index is 12.8. The van der Waals surface area contributed by atoms with Crippen molar-refractivity contribution >= 4 is 35.5 Å². The largest absolute Gasteiger partial charge is 0.480 e. The van der Waals surface area contributed by atoms with Crippen LogP contribution in [0, 0.1) is 0 Å². The van der Waals surface area contributed by atoms with E-state index in [1.54, 1.807) is 36.6 Å². The Morgan fingerprint density at radius 2 is 1.47 bits per heavy atom. The van der Waals surface area contributed by atoms with Gasteiger partial charge in [-0.25, -0.2) is 4.79 Å². The highest BCUT2D eigenvalue weighted by atomic mass is 32.2. The zero-order chi connectivity index (χ0) is 24.1. The smallest absolute Gasteiger partial charge is 0.326 e. The minimum atomic E-state index is -1.43. The van der Waals surface area contributed by atoms with Crippen molar-refractivity contribution in [2.75, 3.05) is 25.2 Å². The minimum absolute atomic E-state index is 0.0573. The maximum Gasteiger partial charge on any atom is 0.326 e. The number of amides is 3. The molecular formula is C20H30N4O7S. The lowest BCUT2D eigenvalue weighted by molar-refractivity contribution is -0.142. The van der Waals surface area contributed by atoms with Crippen molar-refractivity contribution in [1.82, 2.24) is 16.0 Å². The number of benzene rings is 1. The summed E-state index contributed by atoms with van der Waals surface area (Å²) < 4.78 is 0. The molecule has 0 aliphatic heterocycles. The average molecular weight is 471 g/mol. The molecule has 0 aliphatic carbocycles. The summed E-state index contributed by atoms with van der Waals surface area (Å²) in [5.41, 5.74) is 6.21. The van der Waals surface area contributed by atoms with Gasteiger partial charge in [-0.2, -0.15) is 11.8 Å². The van der Waals surface area contributed by atoms with Gasteiger partial charge < -0.3 is 37.0 Å². The van der Waals surface area contributed by atoms with E-state index in [1.165, 1.54) is 11.8 Å². The molecule has 0 heterocycles. The molecule has 12 heteroatoms. The van der Waals surface area contributed by atoms with Crippen LogP contribution in [0.15, 0.2) is 30.3 Å². The Bertz CT molecular complexity index is 766. The van der Waals surface area contributed by atoms with E-state index < -0.39 is 61.1 Å². The van der Waals surface area contributed by atoms with Crippen LogP contribution in [0.4, 0.5) is 0 Å². The SMILES string of the molecule is CSCCC(NC(=O)C(CO)NC(=O)C(Cc1ccccc1)NC(=O)C(N)CO)C(=O)O. The first-order valence-corrected chi connectivity index (χ1v) is 11.3. The molecule has 0 aliphatic rings. The van der Waals surface area contributed by atoms with Gasteiger partial charge in [0, 0.05) is 6.42 Å². The number of carboxylic acid groups (broad SMARTS) is 1. The number of hydrogen-bond acceptors (Lipinski definition) is 8. The van der Waals surface area contributed by atoms with Gasteiger partial charge in [0.15, 0.2) is 0 Å². The van der Waals surface area contributed by atoms with Crippen LogP contribution in [0.25, 0.3) is 0 Å². The van der Waals surface area contributed by atoms with E-state index in [0.717, 1.165) is 0 Å². The number of nitrogens with one attached hydrogen (secondary N) is 3. The summed E-state index contributed by atoms with van der Waals surface area (Å²) in [6, 6.07) is 3.73. The summed E-state index contributed by atoms with van der Waals surface area (Å²) in [7, 11) is 0. The van der Waals surface area contributed by atoms with Crippen LogP contribution in [0.2, 0.25) is 0 Å². The Hall–Kier alpha value is -2.67. The van der Waals surface area contributed by atoms with Crippen molar-refractivity contribution in [3.05, 3.63) is 35.9 Å². The molecule has 0 saturated heterocycles. The van der Waals surface area contributed by atoms with E-state index in [1.807, 2.05) is 0 Å². The Morgan fingerprint density at radius 3 is 2.00 bits per heavy atom. The number of carbonyl (C=O) groups excluding carboxylic acids is 3. The predicted octanol–water partition coefficient (Wildman–Crippen LogP) is -2.17. The topological polar surface area (TPSA) is 191 Å². The van der Waals surface area contributed by atoms with Crippen LogP contribution in [-0.4, -0.2) is 88.4 Å². The Kier molecular flexibility index (Phi) is 12.3. The lowest BCUT2D eigenvalue weighted by Crippen LogP contribution is -2.58. The molecule has 4 unspecified atom stereocenters. The van der Waals surface area contributed by atoms with Crippen molar-refractivity contribution in [1.29, 1.82) is 0 Å². The number of carboxylic acids is 1. The molecule has 3 amide bonds. The van der Waals surface area contributed by atoms with E-state index in [4.69, 9.17) is 10.8 Å². The zero-order valence-corrected chi connectivity index (χ0v) is 18.5. The number of rotatable bonds is 14. The van der Waals surface area contributed by atoms with E-state index >= 15 is 0 Å². The molecule has 1 aromatic carbocycles. The molecule has 1 aromatic rings. The summed E-state index contributed by atoms with van der Waals surface area (Å²) in [6.07, 6.45) is 2.02. The standard InChI is InChI=1S/C20H30N4O7S/c1-32-8-7-14(20(30)31)22-19(29)16(11-26)24-18(28)15(23-17(27)13(21)10-25)9-12-5-3-2-4-6-12/h2-6,13-16,25-26H,7-11,21H2,1H3,(H,22,29)(H,23,27)(H,24,28)(H,30,31). The van der Waals surface area contributed by atoms with Crippen molar-refractivity contribution in [3.8, 4) is 0 Å². The van der Waals surface area contributed by atoms with Gasteiger partial charge in [-0.3, -0.25) is 14.4 Å². The molecule has 0 radical (unpaired) electrons. The van der Waals surface area contributed by atoms with Crippen LogP contribution < -0.4 is 21.7 Å². The first-order valence-electron chi connectivity index (χ1n) is 9.87. The van der Waals surface area contributed by atoms with Crippen LogP contribution in [0.5, 0.6) is 0 Å². The van der Waals surface area contributed by atoms with E-state index in [-0.39, 0.29) is 12.8 Å². The summed E-state index contributed by atoms with van der Waals surface area (Å²) in [6.45, 7) is -1.41. The highest BCUT2D eigenvalue weighted by molar-refractivity contribution is 7.98. The Labute approximate surface area is 190 Å². The summed E-state index contributed by atoms with van der Waals surface area (Å²) >= 11 is 1.41. The van der Waals surface area contributed by atoms with Crippen LogP contribution in [0.3, 0.4) is 0 Å². The fourth-order valence-corrected chi connectivity index (χ4v) is 3.12. The van der Waals surface area contributed by atoms with Gasteiger partial charge in [-0.05, 0) is 24.0 Å². The minimum Gasteiger partial charge on any atom is -0.480 e. The highest BCUT2D eigenvalue weighted by Gasteiger charge is 2.30. The van der Waals surface area contributed by atoms with Crippen molar-refractivity contribution in [2.45, 2.75) is 37.0 Å². The quantitative estimate of drug-likeness (QED) is 0.159. The van der Waals surface area contributed by atoms with Crippen LogP contribution in [0.1, 0.15) is 12.0 Å². The summed E-state index contributed by atoms with van der Waals surface area (Å²) in [5.74, 6) is -3.16. The second-order valence-electron chi connectivity index (χ2n) is 6.96. The van der Waals surface area contributed by atoms with Crippen molar-refractivity contribution < 1.29 is 34.5 Å². The number of thioether (sulfide) groups is 1. The fourth-order valence-electron chi connectivity index (χ4n) is 2.65. The number of nitrogens with two attached hydrogens (primary N) is 1. The lowest BCUT2D eigenvalue weighted by atomic mass is 10.0. The van der Waals surface area contributed by atoms with E-state index in [0.29, 0.717) is 11.3 Å². The number of aliphatic hydroxyl groups excluding tert-OH is 2. The predicted molar refractivity (Wildman–Crippen MR) is 119 cm³/mol. The number of aliphatic carboxylic acids is 1. The molecule has 1 rings (SSSR count). The first kappa shape index (κ1) is 27.4. The van der Waals surface area contributed by atoms with Crippen molar-refractivity contribution in [3.63, 3.8) is 0 Å². The summed E-state index contributed by atoms with van der Waals surface area (Å²) in [5, 5.41) is 35.0. The second kappa shape index (κ2) is 14.4. The first-order chi connectivity index (χ1) is 15.2. The molecule has 0 saturated carbocycles. The molecule has 0 fully saturated rings. The number of carbonyl (C=O) groups is 4. The monoisotopic (exact) mass is 470 g/mol. The maximum absolute atomic E-state index is 12.8. The van der Waals surface area contributed by atoms with Gasteiger partial charge >= 0.3 is 5.97 Å². The number of aliphatic hydroxyl groups is 2. The Balaban J connectivity index is 2.92. The third kappa shape index (κ3) is 9.22. The van der Waals surface area contributed by atoms with Crippen LogP contribution >= 0.6 is 11.8 Å². The Morgan fingerprint density at radius 1 is 0.906 bits per heavy atom. The third-order valence-corrected chi connectivity index (χ3v) is 5.13. The van der Waals surface area contributed by atoms with Crippen LogP contribution in [-0.2, 0) is 25.6 Å².